The van der Waals surface area contributed by atoms with Gasteiger partial charge in [0.1, 0.15) is 12.2 Å². The molecule has 2 heterocycles. The number of β-amino-alcohol motifs (C(OH)–C–C–N with tert-alkyl or cyclic N) is 1. The number of morpholine rings is 1. The molecule has 1 aromatic carbocycles. The molecule has 22 heavy (non-hydrogen) atoms. The van der Waals surface area contributed by atoms with Crippen LogP contribution in [0.25, 0.3) is 0 Å². The molecule has 2 aromatic rings. The summed E-state index contributed by atoms with van der Waals surface area (Å²) in [5.41, 5.74) is 1.38. The fourth-order valence-corrected chi connectivity index (χ4v) is 2.59. The minimum atomic E-state index is -0.628. The molecule has 0 bridgehead atoms. The van der Waals surface area contributed by atoms with Gasteiger partial charge in [0.2, 0.25) is 0 Å². The Kier molecular flexibility index (Phi) is 4.44. The highest BCUT2D eigenvalue weighted by molar-refractivity contribution is 5.32. The van der Waals surface area contributed by atoms with Gasteiger partial charge < -0.3 is 9.84 Å². The van der Waals surface area contributed by atoms with Crippen LogP contribution in [0.1, 0.15) is 29.1 Å². The molecule has 0 radical (unpaired) electrons. The molecule has 114 valence electrons. The Labute approximate surface area is 128 Å². The zero-order valence-electron chi connectivity index (χ0n) is 12.0. The smallest absolute Gasteiger partial charge is 0.143 e. The minimum Gasteiger partial charge on any atom is -0.387 e. The Morgan fingerprint density at radius 3 is 2.95 bits per heavy atom. The molecule has 1 saturated heterocycles. The van der Waals surface area contributed by atoms with E-state index in [9.17, 15) is 5.11 Å². The first-order chi connectivity index (χ1) is 10.8. The van der Waals surface area contributed by atoms with E-state index in [0.29, 0.717) is 25.3 Å². The summed E-state index contributed by atoms with van der Waals surface area (Å²) in [6.45, 7) is 2.35. The van der Waals surface area contributed by atoms with Gasteiger partial charge in [-0.05, 0) is 17.7 Å². The number of aliphatic hydroxyl groups excluding tert-OH is 1. The third-order valence-electron chi connectivity index (χ3n) is 3.82. The number of nitrogens with zero attached hydrogens (tertiary/aromatic N) is 4. The average molecular weight is 299 g/mol. The van der Waals surface area contributed by atoms with Crippen LogP contribution in [0.15, 0.2) is 30.6 Å². The van der Waals surface area contributed by atoms with E-state index in [4.69, 9.17) is 10.00 Å². The SMILES string of the molecule is N#Cc1ccc(C(O)CN2CCOCC2c2ncn[nH]2)cc1. The molecule has 0 amide bonds. The molecule has 2 N–H and O–H groups in total. The van der Waals surface area contributed by atoms with Crippen LogP contribution < -0.4 is 0 Å². The Bertz CT molecular complexity index is 635. The topological polar surface area (TPSA) is 98.1 Å². The molecule has 3 rings (SSSR count). The van der Waals surface area contributed by atoms with E-state index in [1.165, 1.54) is 6.33 Å². The summed E-state index contributed by atoms with van der Waals surface area (Å²) < 4.78 is 5.51. The number of aromatic nitrogens is 3. The van der Waals surface area contributed by atoms with Gasteiger partial charge in [0, 0.05) is 13.1 Å². The lowest BCUT2D eigenvalue weighted by Gasteiger charge is -2.35. The van der Waals surface area contributed by atoms with E-state index in [-0.39, 0.29) is 6.04 Å². The largest absolute Gasteiger partial charge is 0.387 e. The van der Waals surface area contributed by atoms with Gasteiger partial charge >= 0.3 is 0 Å². The minimum absolute atomic E-state index is 0.0377. The van der Waals surface area contributed by atoms with Crippen LogP contribution >= 0.6 is 0 Å². The first-order valence-electron chi connectivity index (χ1n) is 7.13. The summed E-state index contributed by atoms with van der Waals surface area (Å²) in [5.74, 6) is 0.742. The van der Waals surface area contributed by atoms with E-state index in [1.54, 1.807) is 24.3 Å². The van der Waals surface area contributed by atoms with Crippen molar-refractivity contribution in [3.63, 3.8) is 0 Å². The monoisotopic (exact) mass is 299 g/mol. The van der Waals surface area contributed by atoms with Crippen LogP contribution in [-0.4, -0.2) is 51.5 Å². The van der Waals surface area contributed by atoms with Gasteiger partial charge in [-0.25, -0.2) is 4.98 Å². The lowest BCUT2D eigenvalue weighted by molar-refractivity contribution is -0.0306. The number of rotatable bonds is 4. The highest BCUT2D eigenvalue weighted by atomic mass is 16.5. The van der Waals surface area contributed by atoms with Gasteiger partial charge in [0.25, 0.3) is 0 Å². The number of hydrogen-bond acceptors (Lipinski definition) is 6. The molecule has 1 aliphatic heterocycles. The second-order valence-corrected chi connectivity index (χ2v) is 5.21. The highest BCUT2D eigenvalue weighted by Gasteiger charge is 2.28. The summed E-state index contributed by atoms with van der Waals surface area (Å²) in [5, 5.41) is 26.0. The predicted molar refractivity (Wildman–Crippen MR) is 77.6 cm³/mol. The lowest BCUT2D eigenvalue weighted by Crippen LogP contribution is -2.42. The number of aromatic amines is 1. The lowest BCUT2D eigenvalue weighted by atomic mass is 10.1. The Balaban J connectivity index is 1.70. The Hall–Kier alpha value is -2.27. The van der Waals surface area contributed by atoms with Gasteiger partial charge in [-0.3, -0.25) is 10.00 Å². The number of nitriles is 1. The number of H-pyrrole nitrogens is 1. The van der Waals surface area contributed by atoms with Gasteiger partial charge in [-0.2, -0.15) is 10.4 Å². The van der Waals surface area contributed by atoms with Crippen LogP contribution in [0.4, 0.5) is 0 Å². The molecule has 0 saturated carbocycles. The van der Waals surface area contributed by atoms with Gasteiger partial charge in [0.05, 0.1) is 37.0 Å². The number of benzene rings is 1. The highest BCUT2D eigenvalue weighted by Crippen LogP contribution is 2.24. The van der Waals surface area contributed by atoms with Crippen molar-refractivity contribution in [2.75, 3.05) is 26.3 Å². The second-order valence-electron chi connectivity index (χ2n) is 5.21. The quantitative estimate of drug-likeness (QED) is 0.866. The zero-order chi connectivity index (χ0) is 15.4. The van der Waals surface area contributed by atoms with Crippen molar-refractivity contribution in [3.8, 4) is 6.07 Å². The van der Waals surface area contributed by atoms with Gasteiger partial charge in [0.15, 0.2) is 0 Å². The molecular formula is C15H17N5O2. The Morgan fingerprint density at radius 2 is 2.27 bits per heavy atom. The van der Waals surface area contributed by atoms with Crippen LogP contribution in [0.5, 0.6) is 0 Å². The van der Waals surface area contributed by atoms with Crippen molar-refractivity contribution < 1.29 is 9.84 Å². The molecule has 0 aliphatic carbocycles. The zero-order valence-corrected chi connectivity index (χ0v) is 12.0. The first-order valence-corrected chi connectivity index (χ1v) is 7.13. The first kappa shape index (κ1) is 14.7. The van der Waals surface area contributed by atoms with Crippen LogP contribution in [-0.2, 0) is 4.74 Å². The second kappa shape index (κ2) is 6.66. The normalized spacial score (nSPS) is 20.5. The standard InChI is InChI=1S/C15H17N5O2/c16-7-11-1-3-12(4-2-11)14(21)8-20-5-6-22-9-13(20)15-17-10-18-19-15/h1-4,10,13-14,21H,5-6,8-9H2,(H,17,18,19). The summed E-state index contributed by atoms with van der Waals surface area (Å²) in [6.07, 6.45) is 0.843. The maximum atomic E-state index is 10.4. The van der Waals surface area contributed by atoms with E-state index in [0.717, 1.165) is 17.9 Å². The van der Waals surface area contributed by atoms with Crippen molar-refractivity contribution in [2.24, 2.45) is 0 Å². The molecular weight excluding hydrogens is 282 g/mol. The van der Waals surface area contributed by atoms with Crippen LogP contribution in [0.2, 0.25) is 0 Å². The third kappa shape index (κ3) is 3.14. The molecule has 2 atom stereocenters. The molecule has 0 spiro atoms. The molecule has 7 heteroatoms. The summed E-state index contributed by atoms with van der Waals surface area (Å²) in [4.78, 5) is 6.32. The average Bonchev–Trinajstić information content (AvgIpc) is 3.10. The number of nitrogens with one attached hydrogen (secondary N) is 1. The molecule has 1 aliphatic rings. The van der Waals surface area contributed by atoms with Crippen molar-refractivity contribution in [1.29, 1.82) is 5.26 Å². The van der Waals surface area contributed by atoms with E-state index < -0.39 is 6.10 Å². The maximum absolute atomic E-state index is 10.4. The van der Waals surface area contributed by atoms with Crippen LogP contribution in [0, 0.1) is 11.3 Å². The molecule has 1 fully saturated rings. The number of hydrogen-bond donors (Lipinski definition) is 2. The van der Waals surface area contributed by atoms with Crippen molar-refractivity contribution in [1.82, 2.24) is 20.1 Å². The van der Waals surface area contributed by atoms with Crippen molar-refractivity contribution in [3.05, 3.63) is 47.5 Å². The number of aliphatic hydroxyl groups is 1. The third-order valence-corrected chi connectivity index (χ3v) is 3.82. The van der Waals surface area contributed by atoms with E-state index in [1.807, 2.05) is 0 Å². The number of ether oxygens (including phenoxy) is 1. The predicted octanol–water partition coefficient (Wildman–Crippen LogP) is 0.783. The summed E-state index contributed by atoms with van der Waals surface area (Å²) >= 11 is 0. The van der Waals surface area contributed by atoms with Crippen molar-refractivity contribution in [2.45, 2.75) is 12.1 Å². The van der Waals surface area contributed by atoms with Crippen molar-refractivity contribution >= 4 is 0 Å². The summed E-state index contributed by atoms with van der Waals surface area (Å²) in [6, 6.07) is 9.03. The Morgan fingerprint density at radius 1 is 1.45 bits per heavy atom. The van der Waals surface area contributed by atoms with Crippen LogP contribution in [0.3, 0.4) is 0 Å². The maximum Gasteiger partial charge on any atom is 0.143 e. The van der Waals surface area contributed by atoms with E-state index >= 15 is 0 Å². The van der Waals surface area contributed by atoms with E-state index in [2.05, 4.69) is 26.2 Å². The fraction of sp³-hybridized carbons (Fsp3) is 0.400. The molecule has 7 nitrogen and oxygen atoms in total. The van der Waals surface area contributed by atoms with Gasteiger partial charge in [-0.15, -0.1) is 0 Å². The summed E-state index contributed by atoms with van der Waals surface area (Å²) in [7, 11) is 0. The molecule has 2 unspecified atom stereocenters. The van der Waals surface area contributed by atoms with Gasteiger partial charge in [-0.1, -0.05) is 12.1 Å². The molecule has 1 aromatic heterocycles. The fourth-order valence-electron chi connectivity index (χ4n) is 2.59.